The van der Waals surface area contributed by atoms with E-state index in [9.17, 15) is 0 Å². The van der Waals surface area contributed by atoms with Gasteiger partial charge in [0, 0.05) is 44.1 Å². The average Bonchev–Trinajstić information content (AvgIpc) is 3.75. The molecular weight excluding hydrogens is 794 g/mol. The molecule has 0 amide bonds. The lowest BCUT2D eigenvalue weighted by Crippen LogP contribution is -2.13. The minimum absolute atomic E-state index is 0.129. The van der Waals surface area contributed by atoms with Gasteiger partial charge in [0.15, 0.2) is 0 Å². The number of para-hydroxylation sites is 4. The van der Waals surface area contributed by atoms with E-state index < -0.39 is 0 Å². The molecule has 0 saturated heterocycles. The Hall–Kier alpha value is -5.87. The van der Waals surface area contributed by atoms with E-state index in [1.54, 1.807) is 0 Å². The highest BCUT2D eigenvalue weighted by atomic mass is 31.1. The summed E-state index contributed by atoms with van der Waals surface area (Å²) < 4.78 is -0.183. The van der Waals surface area contributed by atoms with Crippen molar-refractivity contribution in [2.24, 2.45) is 0 Å². The monoisotopic (exact) mass is 840 g/mol. The number of rotatable bonds is 10. The van der Waals surface area contributed by atoms with Crippen molar-refractivity contribution in [2.45, 2.75) is 22.9 Å². The smallest absolute Gasteiger partial charge is 0.0540 e. The average molecular weight is 841 g/mol. The molecular formula is C56H47N2P3. The molecule has 0 spiro atoms. The van der Waals surface area contributed by atoms with E-state index >= 15 is 0 Å². The van der Waals surface area contributed by atoms with Crippen molar-refractivity contribution in [3.8, 4) is 0 Å². The third kappa shape index (κ3) is 7.60. The van der Waals surface area contributed by atoms with Crippen LogP contribution in [-0.4, -0.2) is 0 Å². The molecule has 9 aromatic rings. The Morgan fingerprint density at radius 1 is 0.393 bits per heavy atom. The fraction of sp³-hybridized carbons (Fsp3) is 0.0714. The van der Waals surface area contributed by atoms with Crippen molar-refractivity contribution < 1.29 is 0 Å². The van der Waals surface area contributed by atoms with Gasteiger partial charge in [-0.3, -0.25) is 0 Å². The first-order chi connectivity index (χ1) is 29.9. The Bertz CT molecular complexity index is 2900. The molecule has 0 aliphatic heterocycles. The van der Waals surface area contributed by atoms with Crippen LogP contribution in [0.1, 0.15) is 40.5 Å². The van der Waals surface area contributed by atoms with Gasteiger partial charge in [0.05, 0.1) is 11.4 Å². The minimum Gasteiger partial charge on any atom is -0.310 e. The molecule has 1 aliphatic rings. The summed E-state index contributed by atoms with van der Waals surface area (Å²) in [6, 6.07) is 79.7. The second-order valence-corrected chi connectivity index (χ2v) is 20.8. The summed E-state index contributed by atoms with van der Waals surface area (Å²) >= 11 is 0. The minimum atomic E-state index is -0.183. The molecule has 0 bridgehead atoms. The van der Waals surface area contributed by atoms with E-state index in [2.05, 4.69) is 262 Å². The molecule has 0 aromatic heterocycles. The Morgan fingerprint density at radius 3 is 1.28 bits per heavy atom. The zero-order valence-electron chi connectivity index (χ0n) is 33.9. The third-order valence-electron chi connectivity index (χ3n) is 12.2. The van der Waals surface area contributed by atoms with Crippen molar-refractivity contribution in [1.29, 1.82) is 0 Å². The largest absolute Gasteiger partial charge is 0.310 e. The van der Waals surface area contributed by atoms with Gasteiger partial charge in [-0.2, -0.15) is 0 Å². The Kier molecular flexibility index (Phi) is 10.9. The van der Waals surface area contributed by atoms with Gasteiger partial charge in [0.2, 0.25) is 0 Å². The Balaban J connectivity index is 1.13. The fourth-order valence-corrected chi connectivity index (χ4v) is 10.0. The lowest BCUT2D eigenvalue weighted by Gasteiger charge is -2.30. The van der Waals surface area contributed by atoms with E-state index in [1.165, 1.54) is 55.1 Å². The molecule has 0 radical (unpaired) electrons. The van der Waals surface area contributed by atoms with Crippen molar-refractivity contribution in [3.05, 3.63) is 247 Å². The second-order valence-electron chi connectivity index (χ2n) is 15.9. The molecule has 5 heteroatoms. The van der Waals surface area contributed by atoms with Crippen molar-refractivity contribution in [3.63, 3.8) is 0 Å². The van der Waals surface area contributed by atoms with Gasteiger partial charge in [0.1, 0.15) is 0 Å². The van der Waals surface area contributed by atoms with Crippen molar-refractivity contribution in [2.75, 3.05) is 9.80 Å². The highest BCUT2D eigenvalue weighted by Crippen LogP contribution is 2.55. The molecule has 296 valence electrons. The predicted molar refractivity (Wildman–Crippen MR) is 273 cm³/mol. The lowest BCUT2D eigenvalue weighted by molar-refractivity contribution is 0.678. The quantitative estimate of drug-likeness (QED) is 0.127. The van der Waals surface area contributed by atoms with Crippen LogP contribution in [-0.2, 0) is 4.64 Å². The molecule has 0 fully saturated rings. The standard InChI is InChI=1S/C56H47N2P3/c59-56(60,61)40-31-29-39(30-32-40)55-51(47-35-37-53(49-27-15-13-25-45(47)49)57(41-17-5-1-6-18-41)42-19-7-2-8-20-42)33-34-52(55)48-36-38-54(50-28-16-14-26-46(48)50)58(43-21-9-3-10-22-43)44-23-11-4-12-24-44/h1-33,35-38,52,55H,34,59-61H2. The molecule has 5 unspecified atom stereocenters. The molecule has 1 aliphatic carbocycles. The maximum atomic E-state index is 2.95. The van der Waals surface area contributed by atoms with Gasteiger partial charge < -0.3 is 9.80 Å². The maximum Gasteiger partial charge on any atom is 0.0540 e. The Labute approximate surface area is 366 Å². The molecule has 61 heavy (non-hydrogen) atoms. The summed E-state index contributed by atoms with van der Waals surface area (Å²) in [5, 5.41) is 5.01. The van der Waals surface area contributed by atoms with E-state index in [1.807, 2.05) is 0 Å². The van der Waals surface area contributed by atoms with Crippen LogP contribution in [0.4, 0.5) is 34.1 Å². The molecule has 0 heterocycles. The van der Waals surface area contributed by atoms with Crippen molar-refractivity contribution >= 4 is 89.0 Å². The maximum absolute atomic E-state index is 2.95. The van der Waals surface area contributed by atoms with E-state index in [0.29, 0.717) is 0 Å². The van der Waals surface area contributed by atoms with Crippen LogP contribution in [0.3, 0.4) is 0 Å². The molecule has 9 aromatic carbocycles. The zero-order valence-corrected chi connectivity index (χ0v) is 37.3. The summed E-state index contributed by atoms with van der Waals surface area (Å²) in [5.41, 5.74) is 13.5. The van der Waals surface area contributed by atoms with Gasteiger partial charge >= 0.3 is 0 Å². The van der Waals surface area contributed by atoms with E-state index in [4.69, 9.17) is 0 Å². The van der Waals surface area contributed by atoms with Gasteiger partial charge in [-0.1, -0.05) is 164 Å². The molecule has 2 nitrogen and oxygen atoms in total. The zero-order chi connectivity index (χ0) is 41.3. The van der Waals surface area contributed by atoms with Crippen LogP contribution in [0.5, 0.6) is 0 Å². The molecule has 5 atom stereocenters. The molecule has 0 N–H and O–H groups in total. The first-order valence-corrected chi connectivity index (χ1v) is 22.7. The van der Waals surface area contributed by atoms with Gasteiger partial charge in [0.25, 0.3) is 0 Å². The summed E-state index contributed by atoms with van der Waals surface area (Å²) in [6.45, 7) is 0. The van der Waals surface area contributed by atoms with Crippen LogP contribution in [0.25, 0.3) is 27.1 Å². The molecule has 10 rings (SSSR count). The highest BCUT2D eigenvalue weighted by molar-refractivity contribution is 7.56. The fourth-order valence-electron chi connectivity index (χ4n) is 9.43. The highest BCUT2D eigenvalue weighted by Gasteiger charge is 2.35. The first kappa shape index (κ1) is 39.3. The van der Waals surface area contributed by atoms with Gasteiger partial charge in [-0.25, -0.2) is 0 Å². The summed E-state index contributed by atoms with van der Waals surface area (Å²) in [6.07, 6.45) is 3.47. The summed E-state index contributed by atoms with van der Waals surface area (Å²) in [4.78, 5) is 4.78. The first-order valence-electron chi connectivity index (χ1n) is 21.0. The SMILES string of the molecule is PC(P)(P)c1ccc(C2C(c3ccc(N(c4ccccc4)c4ccccc4)c4ccccc34)=CCC2c2ccc(N(c3ccccc3)c3ccccc3)c3ccccc23)cc1. The second kappa shape index (κ2) is 16.9. The van der Waals surface area contributed by atoms with E-state index in [0.717, 1.165) is 34.9 Å². The van der Waals surface area contributed by atoms with E-state index in [-0.39, 0.29) is 16.5 Å². The van der Waals surface area contributed by atoms with Crippen LogP contribution in [0.2, 0.25) is 0 Å². The third-order valence-corrected chi connectivity index (χ3v) is 13.2. The number of allylic oxidation sites excluding steroid dienone is 2. The number of benzene rings is 9. The van der Waals surface area contributed by atoms with Crippen molar-refractivity contribution in [1.82, 2.24) is 0 Å². The number of nitrogens with zero attached hydrogens (tertiary/aromatic N) is 2. The lowest BCUT2D eigenvalue weighted by atomic mass is 9.76. The normalized spacial score (nSPS) is 15.2. The number of fused-ring (bicyclic) bond motifs is 2. The summed E-state index contributed by atoms with van der Waals surface area (Å²) in [7, 11) is 8.85. The summed E-state index contributed by atoms with van der Waals surface area (Å²) in [5.74, 6) is 0.349. The topological polar surface area (TPSA) is 6.48 Å². The number of anilines is 6. The van der Waals surface area contributed by atoms with Crippen LogP contribution in [0.15, 0.2) is 224 Å². The van der Waals surface area contributed by atoms with Gasteiger partial charge in [-0.15, -0.1) is 27.7 Å². The van der Waals surface area contributed by atoms with Crippen LogP contribution in [0, 0.1) is 0 Å². The predicted octanol–water partition coefficient (Wildman–Crippen LogP) is 16.0. The van der Waals surface area contributed by atoms with Crippen LogP contribution >= 0.6 is 27.7 Å². The Morgan fingerprint density at radius 2 is 0.803 bits per heavy atom. The van der Waals surface area contributed by atoms with Crippen LogP contribution < -0.4 is 9.80 Å². The number of hydrogen-bond donors (Lipinski definition) is 0. The molecule has 0 saturated carbocycles. The van der Waals surface area contributed by atoms with Gasteiger partial charge in [-0.05, 0) is 112 Å². The number of hydrogen-bond acceptors (Lipinski definition) is 2.